The monoisotopic (exact) mass is 202 g/mol. The van der Waals surface area contributed by atoms with E-state index in [0.717, 1.165) is 24.7 Å². The van der Waals surface area contributed by atoms with Crippen LogP contribution < -0.4 is 0 Å². The van der Waals surface area contributed by atoms with Crippen LogP contribution in [0.25, 0.3) is 0 Å². The molecule has 0 heterocycles. The van der Waals surface area contributed by atoms with E-state index in [1.165, 1.54) is 19.3 Å². The third kappa shape index (κ3) is 2.98. The maximum atomic E-state index is 10.9. The third-order valence-electron chi connectivity index (χ3n) is 3.54. The van der Waals surface area contributed by atoms with Crippen LogP contribution in [-0.2, 0) is 4.79 Å². The molecule has 1 unspecified atom stereocenters. The molecule has 0 bridgehead atoms. The lowest BCUT2D eigenvalue weighted by atomic mass is 9.76. The van der Waals surface area contributed by atoms with Gasteiger partial charge >= 0.3 is 0 Å². The SMILES string of the molecule is CCC(C)C1CCC(C(=O)Cl)CC1. The Labute approximate surface area is 85.8 Å². The van der Waals surface area contributed by atoms with E-state index in [4.69, 9.17) is 11.6 Å². The maximum absolute atomic E-state index is 10.9. The summed E-state index contributed by atoms with van der Waals surface area (Å²) in [4.78, 5) is 10.9. The Balaban J connectivity index is 2.34. The summed E-state index contributed by atoms with van der Waals surface area (Å²) in [5.74, 6) is 1.80. The molecule has 0 spiro atoms. The largest absolute Gasteiger partial charge is 0.281 e. The summed E-state index contributed by atoms with van der Waals surface area (Å²) in [6.45, 7) is 4.55. The summed E-state index contributed by atoms with van der Waals surface area (Å²) in [7, 11) is 0. The molecule has 1 aliphatic carbocycles. The zero-order valence-corrected chi connectivity index (χ0v) is 9.31. The standard InChI is InChI=1S/C11H19ClO/c1-3-8(2)9-4-6-10(7-5-9)11(12)13/h8-10H,3-7H2,1-2H3. The Morgan fingerprint density at radius 3 is 2.31 bits per heavy atom. The van der Waals surface area contributed by atoms with Crippen molar-refractivity contribution in [1.29, 1.82) is 0 Å². The normalized spacial score (nSPS) is 31.3. The van der Waals surface area contributed by atoms with Gasteiger partial charge in [0.25, 0.3) is 0 Å². The molecule has 0 aliphatic heterocycles. The Kier molecular flexibility index (Phi) is 4.24. The molecule has 1 aliphatic rings. The van der Waals surface area contributed by atoms with E-state index in [1.807, 2.05) is 0 Å². The van der Waals surface area contributed by atoms with Gasteiger partial charge in [-0.05, 0) is 49.1 Å². The van der Waals surface area contributed by atoms with Crippen molar-refractivity contribution in [2.24, 2.45) is 17.8 Å². The van der Waals surface area contributed by atoms with Crippen molar-refractivity contribution in [3.63, 3.8) is 0 Å². The minimum Gasteiger partial charge on any atom is -0.281 e. The number of carbonyl (C=O) groups is 1. The van der Waals surface area contributed by atoms with Gasteiger partial charge in [-0.3, -0.25) is 4.79 Å². The fraction of sp³-hybridized carbons (Fsp3) is 0.909. The van der Waals surface area contributed by atoms with E-state index in [0.29, 0.717) is 0 Å². The highest BCUT2D eigenvalue weighted by Crippen LogP contribution is 2.35. The van der Waals surface area contributed by atoms with Crippen molar-refractivity contribution in [2.75, 3.05) is 0 Å². The fourth-order valence-corrected chi connectivity index (χ4v) is 2.47. The molecule has 1 nitrogen and oxygen atoms in total. The van der Waals surface area contributed by atoms with Crippen LogP contribution in [0.3, 0.4) is 0 Å². The smallest absolute Gasteiger partial charge is 0.224 e. The molecule has 0 N–H and O–H groups in total. The van der Waals surface area contributed by atoms with E-state index in [9.17, 15) is 4.79 Å². The lowest BCUT2D eigenvalue weighted by Gasteiger charge is -2.30. The molecule has 0 aromatic rings. The minimum atomic E-state index is -0.123. The second-order valence-corrected chi connectivity index (χ2v) is 4.67. The first-order valence-corrected chi connectivity index (χ1v) is 5.72. The highest BCUT2D eigenvalue weighted by Gasteiger charge is 2.27. The molecule has 1 atom stereocenters. The molecule has 76 valence electrons. The first kappa shape index (κ1) is 11.0. The molecule has 13 heavy (non-hydrogen) atoms. The first-order valence-electron chi connectivity index (χ1n) is 5.34. The lowest BCUT2D eigenvalue weighted by molar-refractivity contribution is -0.116. The first-order chi connectivity index (χ1) is 6.15. The molecule has 0 amide bonds. The molecule has 2 heteroatoms. The van der Waals surface area contributed by atoms with E-state index in [2.05, 4.69) is 13.8 Å². The quantitative estimate of drug-likeness (QED) is 0.640. The van der Waals surface area contributed by atoms with E-state index in [-0.39, 0.29) is 11.2 Å². The summed E-state index contributed by atoms with van der Waals surface area (Å²) in [5, 5.41) is -0.123. The van der Waals surface area contributed by atoms with E-state index < -0.39 is 0 Å². The van der Waals surface area contributed by atoms with Crippen LogP contribution in [0.15, 0.2) is 0 Å². The maximum Gasteiger partial charge on any atom is 0.224 e. The Morgan fingerprint density at radius 2 is 1.92 bits per heavy atom. The van der Waals surface area contributed by atoms with Gasteiger partial charge in [-0.15, -0.1) is 0 Å². The van der Waals surface area contributed by atoms with Crippen LogP contribution in [0, 0.1) is 17.8 Å². The van der Waals surface area contributed by atoms with Gasteiger partial charge in [-0.2, -0.15) is 0 Å². The van der Waals surface area contributed by atoms with Crippen LogP contribution in [0.4, 0.5) is 0 Å². The molecule has 1 fully saturated rings. The number of hydrogen-bond donors (Lipinski definition) is 0. The lowest BCUT2D eigenvalue weighted by Crippen LogP contribution is -2.22. The van der Waals surface area contributed by atoms with Crippen LogP contribution in [0.5, 0.6) is 0 Å². The molecular weight excluding hydrogens is 184 g/mol. The third-order valence-corrected chi connectivity index (χ3v) is 3.85. The highest BCUT2D eigenvalue weighted by atomic mass is 35.5. The minimum absolute atomic E-state index is 0.123. The van der Waals surface area contributed by atoms with E-state index >= 15 is 0 Å². The second-order valence-electron chi connectivity index (χ2n) is 4.30. The summed E-state index contributed by atoms with van der Waals surface area (Å²) >= 11 is 5.48. The molecule has 0 aromatic heterocycles. The molecule has 0 saturated heterocycles. The average Bonchev–Trinajstić information content (AvgIpc) is 2.17. The summed E-state index contributed by atoms with van der Waals surface area (Å²) in [6, 6.07) is 0. The summed E-state index contributed by atoms with van der Waals surface area (Å²) < 4.78 is 0. The van der Waals surface area contributed by atoms with Gasteiger partial charge < -0.3 is 0 Å². The van der Waals surface area contributed by atoms with Gasteiger partial charge in [0, 0.05) is 5.92 Å². The van der Waals surface area contributed by atoms with E-state index in [1.54, 1.807) is 0 Å². The van der Waals surface area contributed by atoms with Crippen molar-refractivity contribution in [3.8, 4) is 0 Å². The fourth-order valence-electron chi connectivity index (χ4n) is 2.25. The van der Waals surface area contributed by atoms with Gasteiger partial charge in [-0.1, -0.05) is 20.3 Å². The molecule has 0 aromatic carbocycles. The van der Waals surface area contributed by atoms with Gasteiger partial charge in [-0.25, -0.2) is 0 Å². The van der Waals surface area contributed by atoms with Gasteiger partial charge in [0.2, 0.25) is 5.24 Å². The van der Waals surface area contributed by atoms with Crippen molar-refractivity contribution < 1.29 is 4.79 Å². The summed E-state index contributed by atoms with van der Waals surface area (Å²) in [6.07, 6.45) is 5.66. The van der Waals surface area contributed by atoms with Crippen molar-refractivity contribution in [2.45, 2.75) is 46.0 Å². The Morgan fingerprint density at radius 1 is 1.38 bits per heavy atom. The van der Waals surface area contributed by atoms with Crippen LogP contribution in [0.1, 0.15) is 46.0 Å². The van der Waals surface area contributed by atoms with Crippen LogP contribution >= 0.6 is 11.6 Å². The number of carbonyl (C=O) groups excluding carboxylic acids is 1. The number of hydrogen-bond acceptors (Lipinski definition) is 1. The zero-order valence-electron chi connectivity index (χ0n) is 8.55. The van der Waals surface area contributed by atoms with Crippen molar-refractivity contribution >= 4 is 16.8 Å². The predicted octanol–water partition coefficient (Wildman–Crippen LogP) is 3.60. The average molecular weight is 203 g/mol. The molecule has 0 radical (unpaired) electrons. The molecule has 1 rings (SSSR count). The second kappa shape index (κ2) is 4.99. The zero-order chi connectivity index (χ0) is 9.84. The highest BCUT2D eigenvalue weighted by molar-refractivity contribution is 6.63. The van der Waals surface area contributed by atoms with Gasteiger partial charge in [0.15, 0.2) is 0 Å². The number of halogens is 1. The van der Waals surface area contributed by atoms with Gasteiger partial charge in [0.05, 0.1) is 0 Å². The number of rotatable bonds is 3. The predicted molar refractivity (Wildman–Crippen MR) is 55.8 cm³/mol. The summed E-state index contributed by atoms with van der Waals surface area (Å²) in [5.41, 5.74) is 0. The van der Waals surface area contributed by atoms with Gasteiger partial charge in [0.1, 0.15) is 0 Å². The Bertz CT molecular complexity index is 171. The van der Waals surface area contributed by atoms with Crippen molar-refractivity contribution in [3.05, 3.63) is 0 Å². The van der Waals surface area contributed by atoms with Crippen LogP contribution in [-0.4, -0.2) is 5.24 Å². The van der Waals surface area contributed by atoms with Crippen LogP contribution in [0.2, 0.25) is 0 Å². The Hall–Kier alpha value is -0.0400. The topological polar surface area (TPSA) is 17.1 Å². The molecular formula is C11H19ClO. The molecule has 1 saturated carbocycles. The van der Waals surface area contributed by atoms with Crippen molar-refractivity contribution in [1.82, 2.24) is 0 Å².